The van der Waals surface area contributed by atoms with Crippen LogP contribution in [0.25, 0.3) is 0 Å². The van der Waals surface area contributed by atoms with Crippen LogP contribution in [0.4, 0.5) is 14.5 Å². The summed E-state index contributed by atoms with van der Waals surface area (Å²) >= 11 is 0. The van der Waals surface area contributed by atoms with Crippen molar-refractivity contribution < 1.29 is 8.78 Å². The standard InChI is InChI=1S/C15H19F2N3/c1-11(2)10-19-5-7-20(8-6-19)13-4-3-12(9-18)14(16)15(13)17/h3-4,11H,5-8,10H2,1-2H3. The second-order valence-electron chi connectivity index (χ2n) is 5.55. The summed E-state index contributed by atoms with van der Waals surface area (Å²) in [6.07, 6.45) is 0. The number of hydrogen-bond donors (Lipinski definition) is 0. The average Bonchev–Trinajstić information content (AvgIpc) is 2.42. The fraction of sp³-hybridized carbons (Fsp3) is 0.533. The lowest BCUT2D eigenvalue weighted by molar-refractivity contribution is 0.230. The van der Waals surface area contributed by atoms with E-state index in [1.807, 2.05) is 4.90 Å². The molecule has 20 heavy (non-hydrogen) atoms. The normalized spacial score (nSPS) is 16.5. The van der Waals surface area contributed by atoms with Crippen molar-refractivity contribution >= 4 is 5.69 Å². The maximum Gasteiger partial charge on any atom is 0.183 e. The molecule has 0 N–H and O–H groups in total. The van der Waals surface area contributed by atoms with Crippen molar-refractivity contribution in [3.05, 3.63) is 29.3 Å². The van der Waals surface area contributed by atoms with Crippen molar-refractivity contribution in [1.29, 1.82) is 5.26 Å². The van der Waals surface area contributed by atoms with Crippen molar-refractivity contribution in [3.63, 3.8) is 0 Å². The van der Waals surface area contributed by atoms with Crippen molar-refractivity contribution in [2.24, 2.45) is 5.92 Å². The summed E-state index contributed by atoms with van der Waals surface area (Å²) in [5, 5.41) is 8.69. The minimum absolute atomic E-state index is 0.246. The van der Waals surface area contributed by atoms with E-state index in [1.54, 1.807) is 6.07 Å². The van der Waals surface area contributed by atoms with Crippen molar-refractivity contribution in [2.75, 3.05) is 37.6 Å². The van der Waals surface area contributed by atoms with E-state index in [0.717, 1.165) is 19.6 Å². The van der Waals surface area contributed by atoms with Gasteiger partial charge in [-0.05, 0) is 18.1 Å². The van der Waals surface area contributed by atoms with Crippen molar-refractivity contribution in [2.45, 2.75) is 13.8 Å². The zero-order valence-corrected chi connectivity index (χ0v) is 11.9. The van der Waals surface area contributed by atoms with Crippen LogP contribution in [-0.2, 0) is 0 Å². The second kappa shape index (κ2) is 6.19. The van der Waals surface area contributed by atoms with Gasteiger partial charge in [-0.3, -0.25) is 4.90 Å². The van der Waals surface area contributed by atoms with Gasteiger partial charge in [0.05, 0.1) is 11.3 Å². The van der Waals surface area contributed by atoms with E-state index in [1.165, 1.54) is 12.1 Å². The Hall–Kier alpha value is -1.67. The molecule has 0 aromatic heterocycles. The van der Waals surface area contributed by atoms with E-state index in [4.69, 9.17) is 5.26 Å². The summed E-state index contributed by atoms with van der Waals surface area (Å²) in [6.45, 7) is 8.41. The molecule has 1 saturated heterocycles. The Bertz CT molecular complexity index is 515. The van der Waals surface area contributed by atoms with Crippen LogP contribution in [0.3, 0.4) is 0 Å². The van der Waals surface area contributed by atoms with Gasteiger partial charge in [-0.1, -0.05) is 13.8 Å². The molecule has 2 rings (SSSR count). The Morgan fingerprint density at radius 2 is 1.80 bits per heavy atom. The Morgan fingerprint density at radius 3 is 2.35 bits per heavy atom. The van der Waals surface area contributed by atoms with Gasteiger partial charge >= 0.3 is 0 Å². The second-order valence-corrected chi connectivity index (χ2v) is 5.55. The first-order valence-electron chi connectivity index (χ1n) is 6.88. The molecule has 0 amide bonds. The number of piperazine rings is 1. The van der Waals surface area contributed by atoms with Gasteiger partial charge in [-0.2, -0.15) is 5.26 Å². The highest BCUT2D eigenvalue weighted by Gasteiger charge is 2.22. The van der Waals surface area contributed by atoms with Gasteiger partial charge < -0.3 is 4.90 Å². The quantitative estimate of drug-likeness (QED) is 0.852. The first kappa shape index (κ1) is 14.7. The maximum absolute atomic E-state index is 14.0. The molecule has 0 unspecified atom stereocenters. The first-order chi connectivity index (χ1) is 9.52. The molecule has 3 nitrogen and oxygen atoms in total. The highest BCUT2D eigenvalue weighted by molar-refractivity contribution is 5.52. The minimum Gasteiger partial charge on any atom is -0.367 e. The van der Waals surface area contributed by atoms with Crippen LogP contribution in [0, 0.1) is 28.9 Å². The fourth-order valence-electron chi connectivity index (χ4n) is 2.56. The Labute approximate surface area is 118 Å². The van der Waals surface area contributed by atoms with Gasteiger partial charge in [0.25, 0.3) is 0 Å². The Balaban J connectivity index is 2.08. The van der Waals surface area contributed by atoms with Gasteiger partial charge in [-0.25, -0.2) is 8.78 Å². The molecule has 0 saturated carbocycles. The lowest BCUT2D eigenvalue weighted by Crippen LogP contribution is -2.47. The third-order valence-electron chi connectivity index (χ3n) is 3.52. The molecular weight excluding hydrogens is 260 g/mol. The summed E-state index contributed by atoms with van der Waals surface area (Å²) < 4.78 is 27.6. The zero-order chi connectivity index (χ0) is 14.7. The van der Waals surface area contributed by atoms with Crippen molar-refractivity contribution in [3.8, 4) is 6.07 Å². The predicted molar refractivity (Wildman–Crippen MR) is 74.6 cm³/mol. The molecular formula is C15H19F2N3. The van der Waals surface area contributed by atoms with Crippen LogP contribution in [-0.4, -0.2) is 37.6 Å². The van der Waals surface area contributed by atoms with Crippen LogP contribution in [0.15, 0.2) is 12.1 Å². The Kier molecular flexibility index (Phi) is 4.56. The highest BCUT2D eigenvalue weighted by Crippen LogP contribution is 2.25. The molecule has 0 bridgehead atoms. The molecule has 5 heteroatoms. The van der Waals surface area contributed by atoms with Gasteiger partial charge in [0.15, 0.2) is 11.6 Å². The molecule has 0 spiro atoms. The van der Waals surface area contributed by atoms with Crippen LogP contribution >= 0.6 is 0 Å². The summed E-state index contributed by atoms with van der Waals surface area (Å²) in [5.41, 5.74) is 0.00962. The zero-order valence-electron chi connectivity index (χ0n) is 11.9. The van der Waals surface area contributed by atoms with E-state index in [9.17, 15) is 8.78 Å². The molecule has 1 aromatic rings. The Morgan fingerprint density at radius 1 is 1.15 bits per heavy atom. The van der Waals surface area contributed by atoms with Gasteiger partial charge in [0.1, 0.15) is 6.07 Å². The SMILES string of the molecule is CC(C)CN1CCN(c2ccc(C#N)c(F)c2F)CC1. The van der Waals surface area contributed by atoms with E-state index < -0.39 is 11.6 Å². The highest BCUT2D eigenvalue weighted by atomic mass is 19.2. The van der Waals surface area contributed by atoms with Gasteiger partial charge in [0, 0.05) is 32.7 Å². The molecule has 1 aliphatic rings. The third kappa shape index (κ3) is 3.07. The predicted octanol–water partition coefficient (Wildman–Crippen LogP) is 2.61. The fourth-order valence-corrected chi connectivity index (χ4v) is 2.56. The minimum atomic E-state index is -1.05. The van der Waals surface area contributed by atoms with Gasteiger partial charge in [0.2, 0.25) is 0 Å². The first-order valence-corrected chi connectivity index (χ1v) is 6.88. The third-order valence-corrected chi connectivity index (χ3v) is 3.52. The van der Waals surface area contributed by atoms with E-state index in [0.29, 0.717) is 19.0 Å². The summed E-state index contributed by atoms with van der Waals surface area (Å²) in [6, 6.07) is 4.49. The molecule has 1 fully saturated rings. The van der Waals surface area contributed by atoms with E-state index >= 15 is 0 Å². The van der Waals surface area contributed by atoms with E-state index in [-0.39, 0.29) is 11.3 Å². The number of nitrogens with zero attached hydrogens (tertiary/aromatic N) is 3. The summed E-state index contributed by atoms with van der Waals surface area (Å²) in [4.78, 5) is 4.18. The largest absolute Gasteiger partial charge is 0.367 e. The molecule has 1 heterocycles. The van der Waals surface area contributed by atoms with Crippen LogP contribution < -0.4 is 4.90 Å². The monoisotopic (exact) mass is 279 g/mol. The van der Waals surface area contributed by atoms with Crippen LogP contribution in [0.1, 0.15) is 19.4 Å². The lowest BCUT2D eigenvalue weighted by atomic mass is 10.1. The molecule has 0 radical (unpaired) electrons. The number of rotatable bonds is 3. The smallest absolute Gasteiger partial charge is 0.183 e. The van der Waals surface area contributed by atoms with Gasteiger partial charge in [-0.15, -0.1) is 0 Å². The molecule has 1 aliphatic heterocycles. The number of anilines is 1. The maximum atomic E-state index is 14.0. The van der Waals surface area contributed by atoms with Crippen LogP contribution in [0.2, 0.25) is 0 Å². The average molecular weight is 279 g/mol. The summed E-state index contributed by atoms with van der Waals surface area (Å²) in [7, 11) is 0. The van der Waals surface area contributed by atoms with Crippen LogP contribution in [0.5, 0.6) is 0 Å². The number of benzene rings is 1. The lowest BCUT2D eigenvalue weighted by Gasteiger charge is -2.37. The topological polar surface area (TPSA) is 30.3 Å². The molecule has 1 aromatic carbocycles. The molecule has 108 valence electrons. The molecule has 0 aliphatic carbocycles. The summed E-state index contributed by atoms with van der Waals surface area (Å²) in [5.74, 6) is -1.36. The number of halogens is 2. The number of hydrogen-bond acceptors (Lipinski definition) is 3. The van der Waals surface area contributed by atoms with Crippen molar-refractivity contribution in [1.82, 2.24) is 4.90 Å². The number of nitriles is 1. The van der Waals surface area contributed by atoms with E-state index in [2.05, 4.69) is 18.7 Å². The molecule has 0 atom stereocenters.